The Morgan fingerprint density at radius 3 is 2.96 bits per heavy atom. The molecule has 0 aromatic carbocycles. The third-order valence-corrected chi connectivity index (χ3v) is 8.01. The number of hydrogen-bond donors (Lipinski definition) is 1. The number of fused-ring (bicyclic) bond motifs is 5. The highest BCUT2D eigenvalue weighted by Crippen LogP contribution is 2.67. The van der Waals surface area contributed by atoms with Crippen molar-refractivity contribution in [1.82, 2.24) is 0 Å². The largest absolute Gasteiger partial charge is 0.377 e. The molecule has 6 atom stereocenters. The van der Waals surface area contributed by atoms with Crippen molar-refractivity contribution < 1.29 is 5.11 Å². The number of hydrogen-bond acceptors (Lipinski definition) is 1. The van der Waals surface area contributed by atoms with Crippen LogP contribution in [0.15, 0.2) is 23.8 Å². The molecule has 23 heavy (non-hydrogen) atoms. The van der Waals surface area contributed by atoms with Crippen LogP contribution in [0.5, 0.6) is 0 Å². The summed E-state index contributed by atoms with van der Waals surface area (Å²) in [5, 5.41) is 11.2. The van der Waals surface area contributed by atoms with Crippen LogP contribution in [0.1, 0.15) is 64.7 Å². The normalized spacial score (nSPS) is 48.7. The van der Waals surface area contributed by atoms with Gasteiger partial charge in [-0.1, -0.05) is 36.6 Å². The Bertz CT molecular complexity index is 594. The summed E-state index contributed by atoms with van der Waals surface area (Å²) in [6.07, 6.45) is 18.6. The summed E-state index contributed by atoms with van der Waals surface area (Å²) >= 11 is 0. The highest BCUT2D eigenvalue weighted by molar-refractivity contribution is 5.32. The summed E-state index contributed by atoms with van der Waals surface area (Å²) in [7, 11) is 0. The van der Waals surface area contributed by atoms with Crippen molar-refractivity contribution >= 4 is 0 Å². The lowest BCUT2D eigenvalue weighted by atomic mass is 9.48. The molecule has 3 fully saturated rings. The van der Waals surface area contributed by atoms with Crippen molar-refractivity contribution in [3.8, 4) is 12.3 Å². The molecule has 124 valence electrons. The second kappa shape index (κ2) is 5.25. The Kier molecular flexibility index (Phi) is 3.54. The van der Waals surface area contributed by atoms with Gasteiger partial charge in [-0.15, -0.1) is 6.42 Å². The first-order valence-corrected chi connectivity index (χ1v) is 9.63. The first-order valence-electron chi connectivity index (χ1n) is 9.63. The van der Waals surface area contributed by atoms with E-state index < -0.39 is 5.60 Å². The monoisotopic (exact) mass is 310 g/mol. The van der Waals surface area contributed by atoms with E-state index in [2.05, 4.69) is 25.5 Å². The van der Waals surface area contributed by atoms with E-state index in [1.807, 2.05) is 0 Å². The summed E-state index contributed by atoms with van der Waals surface area (Å²) in [4.78, 5) is 0. The second-order valence-corrected chi connectivity index (χ2v) is 8.54. The van der Waals surface area contributed by atoms with Crippen LogP contribution >= 0.6 is 0 Å². The summed E-state index contributed by atoms with van der Waals surface area (Å²) in [6, 6.07) is 0. The van der Waals surface area contributed by atoms with Crippen LogP contribution in [0, 0.1) is 41.4 Å². The predicted molar refractivity (Wildman–Crippen MR) is 94.6 cm³/mol. The van der Waals surface area contributed by atoms with Gasteiger partial charge in [-0.25, -0.2) is 0 Å². The van der Waals surface area contributed by atoms with E-state index in [-0.39, 0.29) is 5.41 Å². The van der Waals surface area contributed by atoms with Crippen molar-refractivity contribution in [2.45, 2.75) is 70.3 Å². The number of aliphatic hydroxyl groups is 1. The lowest BCUT2D eigenvalue weighted by Crippen LogP contribution is -2.54. The van der Waals surface area contributed by atoms with Gasteiger partial charge in [0.15, 0.2) is 0 Å². The zero-order chi connectivity index (χ0) is 16.2. The third-order valence-electron chi connectivity index (χ3n) is 8.01. The van der Waals surface area contributed by atoms with E-state index in [1.54, 1.807) is 5.57 Å². The molecule has 4 aliphatic carbocycles. The van der Waals surface area contributed by atoms with Gasteiger partial charge in [0.1, 0.15) is 5.60 Å². The van der Waals surface area contributed by atoms with E-state index in [0.29, 0.717) is 17.8 Å². The minimum Gasteiger partial charge on any atom is -0.377 e. The third kappa shape index (κ3) is 1.91. The molecule has 4 aliphatic rings. The van der Waals surface area contributed by atoms with Gasteiger partial charge in [-0.05, 0) is 81.5 Å². The van der Waals surface area contributed by atoms with Gasteiger partial charge in [-0.3, -0.25) is 0 Å². The average molecular weight is 310 g/mol. The van der Waals surface area contributed by atoms with E-state index >= 15 is 0 Å². The molecule has 0 bridgehead atoms. The zero-order valence-corrected chi connectivity index (χ0v) is 14.5. The first kappa shape index (κ1) is 15.5. The maximum atomic E-state index is 11.2. The summed E-state index contributed by atoms with van der Waals surface area (Å²) < 4.78 is 0. The van der Waals surface area contributed by atoms with E-state index in [4.69, 9.17) is 6.42 Å². The van der Waals surface area contributed by atoms with Crippen LogP contribution < -0.4 is 0 Å². The van der Waals surface area contributed by atoms with Gasteiger partial charge in [0.2, 0.25) is 0 Å². The van der Waals surface area contributed by atoms with Crippen molar-refractivity contribution in [1.29, 1.82) is 0 Å². The Morgan fingerprint density at radius 2 is 2.22 bits per heavy atom. The standard InChI is InChI=1S/C22H30O/c1-4-21-14-15(3)20-17-9-7-6-8-16(17)10-11-18(20)19(21)12-13-22(21,23)5-2/h2,8,17-20,23H,3-4,6-7,9-14H2,1H3/t17?,18?,19?,20?,21?,22-/m1/s1. The molecule has 0 saturated heterocycles. The van der Waals surface area contributed by atoms with Crippen molar-refractivity contribution in [3.63, 3.8) is 0 Å². The van der Waals surface area contributed by atoms with Crippen molar-refractivity contribution in [3.05, 3.63) is 23.8 Å². The molecule has 1 N–H and O–H groups in total. The van der Waals surface area contributed by atoms with Crippen LogP contribution in [0.4, 0.5) is 0 Å². The smallest absolute Gasteiger partial charge is 0.131 e. The van der Waals surface area contributed by atoms with Gasteiger partial charge in [-0.2, -0.15) is 0 Å². The van der Waals surface area contributed by atoms with Crippen LogP contribution in [-0.4, -0.2) is 10.7 Å². The van der Waals surface area contributed by atoms with Crippen LogP contribution in [0.2, 0.25) is 0 Å². The average Bonchev–Trinajstić information content (AvgIpc) is 2.88. The van der Waals surface area contributed by atoms with E-state index in [1.165, 1.54) is 37.7 Å². The first-order chi connectivity index (χ1) is 11.1. The topological polar surface area (TPSA) is 20.2 Å². The fourth-order valence-corrected chi connectivity index (χ4v) is 7.03. The van der Waals surface area contributed by atoms with E-state index in [0.717, 1.165) is 31.6 Å². The molecule has 4 rings (SSSR count). The fraction of sp³-hybridized carbons (Fsp3) is 0.727. The molecule has 0 amide bonds. The lowest BCUT2D eigenvalue weighted by Gasteiger charge is -2.56. The van der Waals surface area contributed by atoms with Crippen molar-refractivity contribution in [2.24, 2.45) is 29.1 Å². The molecule has 0 heterocycles. The fourth-order valence-electron chi connectivity index (χ4n) is 7.03. The molecule has 1 nitrogen and oxygen atoms in total. The Balaban J connectivity index is 1.74. The van der Waals surface area contributed by atoms with Gasteiger partial charge in [0.25, 0.3) is 0 Å². The van der Waals surface area contributed by atoms with Gasteiger partial charge in [0, 0.05) is 5.41 Å². The molecule has 0 aliphatic heterocycles. The van der Waals surface area contributed by atoms with Gasteiger partial charge in [0.05, 0.1) is 0 Å². The summed E-state index contributed by atoms with van der Waals surface area (Å²) in [5.74, 6) is 5.48. The Hall–Kier alpha value is -1.00. The maximum Gasteiger partial charge on any atom is 0.131 e. The highest BCUT2D eigenvalue weighted by Gasteiger charge is 2.64. The van der Waals surface area contributed by atoms with Gasteiger partial charge < -0.3 is 5.11 Å². The van der Waals surface area contributed by atoms with Gasteiger partial charge >= 0.3 is 0 Å². The number of terminal acetylenes is 1. The lowest BCUT2D eigenvalue weighted by molar-refractivity contribution is -0.0788. The molecular weight excluding hydrogens is 280 g/mol. The SMILES string of the molecule is C#C[C@@]1(O)CCC2C3CCC4=CCCCC4C3C(=C)CC21CC. The van der Waals surface area contributed by atoms with Crippen molar-refractivity contribution in [2.75, 3.05) is 0 Å². The second-order valence-electron chi connectivity index (χ2n) is 8.54. The van der Waals surface area contributed by atoms with Crippen LogP contribution in [-0.2, 0) is 0 Å². The Labute approximate surface area is 141 Å². The quantitative estimate of drug-likeness (QED) is 0.541. The van der Waals surface area contributed by atoms with Crippen LogP contribution in [0.3, 0.4) is 0 Å². The summed E-state index contributed by atoms with van der Waals surface area (Å²) in [5.41, 5.74) is 2.08. The minimum absolute atomic E-state index is 0.115. The predicted octanol–water partition coefficient (Wildman–Crippen LogP) is 4.87. The number of rotatable bonds is 1. The zero-order valence-electron chi connectivity index (χ0n) is 14.5. The maximum absolute atomic E-state index is 11.2. The molecule has 5 unspecified atom stereocenters. The Morgan fingerprint density at radius 1 is 1.39 bits per heavy atom. The van der Waals surface area contributed by atoms with Crippen LogP contribution in [0.25, 0.3) is 0 Å². The molecule has 0 aromatic heterocycles. The molecule has 0 aromatic rings. The number of allylic oxidation sites excluding steroid dienone is 3. The minimum atomic E-state index is -0.914. The highest BCUT2D eigenvalue weighted by atomic mass is 16.3. The van der Waals surface area contributed by atoms with E-state index in [9.17, 15) is 5.11 Å². The molecule has 1 heteroatoms. The molecular formula is C22H30O. The summed E-state index contributed by atoms with van der Waals surface area (Å²) in [6.45, 7) is 6.76. The molecule has 3 saturated carbocycles. The molecule has 0 radical (unpaired) electrons. The molecule has 0 spiro atoms.